The molecule has 0 amide bonds. The van der Waals surface area contributed by atoms with E-state index < -0.39 is 6.10 Å². The van der Waals surface area contributed by atoms with Crippen molar-refractivity contribution in [2.24, 2.45) is 5.92 Å². The maximum atomic E-state index is 9.86. The Balaban J connectivity index is 2.29. The first-order valence-electron chi connectivity index (χ1n) is 7.21. The van der Waals surface area contributed by atoms with Crippen LogP contribution < -0.4 is 10.1 Å². The summed E-state index contributed by atoms with van der Waals surface area (Å²) >= 11 is 0. The van der Waals surface area contributed by atoms with Gasteiger partial charge >= 0.3 is 0 Å². The Kier molecular flexibility index (Phi) is 7.71. The molecule has 0 bridgehead atoms. The number of aliphatic hydroxyl groups is 1. The molecule has 0 saturated heterocycles. The van der Waals surface area contributed by atoms with Crippen LogP contribution in [0.1, 0.15) is 32.3 Å². The lowest BCUT2D eigenvalue weighted by Gasteiger charge is -2.17. The van der Waals surface area contributed by atoms with E-state index in [0.717, 1.165) is 19.4 Å². The first-order chi connectivity index (χ1) is 9.71. The third kappa shape index (κ3) is 5.60. The van der Waals surface area contributed by atoms with Crippen LogP contribution in [0, 0.1) is 17.2 Å². The first kappa shape index (κ1) is 16.5. The number of ether oxygens (including phenoxy) is 1. The minimum atomic E-state index is -0.573. The van der Waals surface area contributed by atoms with Gasteiger partial charge in [0.05, 0.1) is 5.56 Å². The van der Waals surface area contributed by atoms with Gasteiger partial charge in [0.25, 0.3) is 0 Å². The lowest BCUT2D eigenvalue weighted by molar-refractivity contribution is 0.105. The number of hydrogen-bond acceptors (Lipinski definition) is 4. The van der Waals surface area contributed by atoms with Crippen molar-refractivity contribution < 1.29 is 9.84 Å². The largest absolute Gasteiger partial charge is 0.489 e. The van der Waals surface area contributed by atoms with Crippen LogP contribution in [0.2, 0.25) is 0 Å². The fraction of sp³-hybridized carbons (Fsp3) is 0.562. The van der Waals surface area contributed by atoms with Crippen molar-refractivity contribution in [1.29, 1.82) is 5.26 Å². The molecule has 20 heavy (non-hydrogen) atoms. The lowest BCUT2D eigenvalue weighted by atomic mass is 10.0. The Morgan fingerprint density at radius 3 is 2.60 bits per heavy atom. The quantitative estimate of drug-likeness (QED) is 0.726. The summed E-state index contributed by atoms with van der Waals surface area (Å²) in [5, 5.41) is 22.1. The van der Waals surface area contributed by atoms with Gasteiger partial charge in [-0.05, 0) is 24.6 Å². The number of benzene rings is 1. The molecule has 0 aliphatic heterocycles. The van der Waals surface area contributed by atoms with Gasteiger partial charge in [0.2, 0.25) is 0 Å². The summed E-state index contributed by atoms with van der Waals surface area (Å²) in [5.41, 5.74) is 0.490. The highest BCUT2D eigenvalue weighted by Crippen LogP contribution is 2.16. The Morgan fingerprint density at radius 1 is 1.25 bits per heavy atom. The standard InChI is InChI=1S/C16H24N2O2/c1-3-13(4-2)10-18-11-15(19)12-20-16-8-6-5-7-14(16)9-17/h5-8,13,15,18-19H,3-4,10-12H2,1-2H3. The number of hydrogen-bond donors (Lipinski definition) is 2. The zero-order valence-corrected chi connectivity index (χ0v) is 12.3. The van der Waals surface area contributed by atoms with Crippen molar-refractivity contribution in [3.63, 3.8) is 0 Å². The molecule has 4 nitrogen and oxygen atoms in total. The minimum Gasteiger partial charge on any atom is -0.489 e. The van der Waals surface area contributed by atoms with Crippen molar-refractivity contribution in [1.82, 2.24) is 5.32 Å². The molecule has 0 radical (unpaired) electrons. The highest BCUT2D eigenvalue weighted by Gasteiger charge is 2.09. The summed E-state index contributed by atoms with van der Waals surface area (Å²) in [6.45, 7) is 5.96. The van der Waals surface area contributed by atoms with Gasteiger partial charge in [-0.15, -0.1) is 0 Å². The summed E-state index contributed by atoms with van der Waals surface area (Å²) in [4.78, 5) is 0. The molecule has 1 aromatic carbocycles. The molecule has 0 saturated carbocycles. The van der Waals surface area contributed by atoms with E-state index in [9.17, 15) is 5.11 Å². The highest BCUT2D eigenvalue weighted by molar-refractivity contribution is 5.42. The molecular formula is C16H24N2O2. The number of nitriles is 1. The maximum absolute atomic E-state index is 9.86. The van der Waals surface area contributed by atoms with E-state index in [1.165, 1.54) is 0 Å². The number of nitrogens with one attached hydrogen (secondary N) is 1. The summed E-state index contributed by atoms with van der Waals surface area (Å²) in [6.07, 6.45) is 1.72. The second-order valence-electron chi connectivity index (χ2n) is 4.91. The predicted molar refractivity (Wildman–Crippen MR) is 79.6 cm³/mol. The average molecular weight is 276 g/mol. The third-order valence-corrected chi connectivity index (χ3v) is 3.41. The molecule has 1 atom stereocenters. The summed E-state index contributed by atoms with van der Waals surface area (Å²) in [7, 11) is 0. The van der Waals surface area contributed by atoms with E-state index >= 15 is 0 Å². The molecule has 110 valence electrons. The topological polar surface area (TPSA) is 65.3 Å². The number of aliphatic hydroxyl groups excluding tert-OH is 1. The van der Waals surface area contributed by atoms with E-state index in [-0.39, 0.29) is 6.61 Å². The maximum Gasteiger partial charge on any atom is 0.137 e. The molecular weight excluding hydrogens is 252 g/mol. The molecule has 0 aliphatic rings. The SMILES string of the molecule is CCC(CC)CNCC(O)COc1ccccc1C#N. The fourth-order valence-corrected chi connectivity index (χ4v) is 1.96. The second kappa shape index (κ2) is 9.35. The normalized spacial score (nSPS) is 12.2. The Labute approximate surface area is 121 Å². The van der Waals surface area contributed by atoms with Crippen molar-refractivity contribution >= 4 is 0 Å². The van der Waals surface area contributed by atoms with Crippen LogP contribution in [0.25, 0.3) is 0 Å². The molecule has 0 fully saturated rings. The average Bonchev–Trinajstić information content (AvgIpc) is 2.49. The van der Waals surface area contributed by atoms with E-state index in [4.69, 9.17) is 10.00 Å². The van der Waals surface area contributed by atoms with Crippen molar-refractivity contribution in [2.45, 2.75) is 32.8 Å². The Hall–Kier alpha value is -1.57. The Morgan fingerprint density at radius 2 is 1.95 bits per heavy atom. The van der Waals surface area contributed by atoms with E-state index in [1.807, 2.05) is 6.07 Å². The van der Waals surface area contributed by atoms with E-state index in [2.05, 4.69) is 25.2 Å². The molecule has 1 aromatic rings. The van der Waals surface area contributed by atoms with E-state index in [0.29, 0.717) is 23.8 Å². The number of para-hydroxylation sites is 1. The summed E-state index contributed by atoms with van der Waals surface area (Å²) in [6, 6.07) is 9.11. The monoisotopic (exact) mass is 276 g/mol. The van der Waals surface area contributed by atoms with Crippen LogP contribution in [0.5, 0.6) is 5.75 Å². The smallest absolute Gasteiger partial charge is 0.137 e. The first-order valence-corrected chi connectivity index (χ1v) is 7.21. The molecule has 0 heterocycles. The van der Waals surface area contributed by atoms with Crippen molar-refractivity contribution in [2.75, 3.05) is 19.7 Å². The van der Waals surface area contributed by atoms with Crippen molar-refractivity contribution in [3.05, 3.63) is 29.8 Å². The van der Waals surface area contributed by atoms with Crippen LogP contribution in [-0.4, -0.2) is 30.9 Å². The van der Waals surface area contributed by atoms with Gasteiger partial charge in [-0.25, -0.2) is 0 Å². The van der Waals surface area contributed by atoms with Gasteiger partial charge in [-0.3, -0.25) is 0 Å². The van der Waals surface area contributed by atoms with Crippen molar-refractivity contribution in [3.8, 4) is 11.8 Å². The van der Waals surface area contributed by atoms with Gasteiger partial charge in [0.1, 0.15) is 24.5 Å². The second-order valence-corrected chi connectivity index (χ2v) is 4.91. The zero-order chi connectivity index (χ0) is 14.8. The van der Waals surface area contributed by atoms with Gasteiger partial charge in [-0.1, -0.05) is 38.8 Å². The number of rotatable bonds is 9. The third-order valence-electron chi connectivity index (χ3n) is 3.41. The number of nitrogens with zero attached hydrogens (tertiary/aromatic N) is 1. The zero-order valence-electron chi connectivity index (χ0n) is 12.3. The molecule has 1 unspecified atom stereocenters. The molecule has 0 aliphatic carbocycles. The molecule has 4 heteroatoms. The Bertz CT molecular complexity index is 425. The lowest BCUT2D eigenvalue weighted by Crippen LogP contribution is -2.34. The van der Waals surface area contributed by atoms with Crippen LogP contribution in [0.3, 0.4) is 0 Å². The predicted octanol–water partition coefficient (Wildman–Crippen LogP) is 2.32. The van der Waals surface area contributed by atoms with Crippen LogP contribution >= 0.6 is 0 Å². The van der Waals surface area contributed by atoms with Gasteiger partial charge in [0.15, 0.2) is 0 Å². The van der Waals surface area contributed by atoms with Gasteiger partial charge < -0.3 is 15.2 Å². The minimum absolute atomic E-state index is 0.189. The molecule has 0 spiro atoms. The summed E-state index contributed by atoms with van der Waals surface area (Å²) in [5.74, 6) is 1.18. The summed E-state index contributed by atoms with van der Waals surface area (Å²) < 4.78 is 5.49. The van der Waals surface area contributed by atoms with Crippen LogP contribution in [-0.2, 0) is 0 Å². The molecule has 2 N–H and O–H groups in total. The fourth-order valence-electron chi connectivity index (χ4n) is 1.96. The van der Waals surface area contributed by atoms with Crippen LogP contribution in [0.15, 0.2) is 24.3 Å². The molecule has 0 aromatic heterocycles. The van der Waals surface area contributed by atoms with Crippen LogP contribution in [0.4, 0.5) is 0 Å². The molecule has 1 rings (SSSR count). The van der Waals surface area contributed by atoms with Gasteiger partial charge in [-0.2, -0.15) is 5.26 Å². The van der Waals surface area contributed by atoms with E-state index in [1.54, 1.807) is 18.2 Å². The van der Waals surface area contributed by atoms with Gasteiger partial charge in [0, 0.05) is 6.54 Å². The highest BCUT2D eigenvalue weighted by atomic mass is 16.5.